The van der Waals surface area contributed by atoms with Crippen LogP contribution in [-0.4, -0.2) is 16.8 Å². The Morgan fingerprint density at radius 2 is 1.95 bits per heavy atom. The molecule has 22 heavy (non-hydrogen) atoms. The lowest BCUT2D eigenvalue weighted by molar-refractivity contribution is 0.0896. The standard InChI is InChI=1S/C17H19N3O2/c18-16(21)13-9-14(19-10-13)17(22)20-15(12-7-4-8-12)11-5-2-1-3-6-11/h1-3,5-6,9-10,12,15,19H,4,7-8H2,(H2,18,21)(H,20,22). The number of hydrogen-bond acceptors (Lipinski definition) is 2. The van der Waals surface area contributed by atoms with E-state index in [9.17, 15) is 9.59 Å². The molecule has 4 N–H and O–H groups in total. The van der Waals surface area contributed by atoms with Crippen LogP contribution < -0.4 is 11.1 Å². The second-order valence-corrected chi connectivity index (χ2v) is 5.72. The van der Waals surface area contributed by atoms with Crippen LogP contribution in [-0.2, 0) is 0 Å². The predicted octanol–water partition coefficient (Wildman–Crippen LogP) is 2.38. The van der Waals surface area contributed by atoms with E-state index in [0.29, 0.717) is 17.2 Å². The van der Waals surface area contributed by atoms with Crippen LogP contribution in [0.15, 0.2) is 42.6 Å². The quantitative estimate of drug-likeness (QED) is 0.791. The van der Waals surface area contributed by atoms with Crippen LogP contribution in [0.2, 0.25) is 0 Å². The molecule has 0 bridgehead atoms. The first kappa shape index (κ1) is 14.4. The molecule has 114 valence electrons. The zero-order valence-electron chi connectivity index (χ0n) is 12.2. The highest BCUT2D eigenvalue weighted by Crippen LogP contribution is 2.37. The van der Waals surface area contributed by atoms with Gasteiger partial charge < -0.3 is 16.0 Å². The number of rotatable bonds is 5. The van der Waals surface area contributed by atoms with Gasteiger partial charge in [-0.05, 0) is 30.4 Å². The first-order chi connectivity index (χ1) is 10.6. The third-order valence-corrected chi connectivity index (χ3v) is 4.28. The van der Waals surface area contributed by atoms with Crippen molar-refractivity contribution in [3.63, 3.8) is 0 Å². The molecule has 2 aromatic rings. The summed E-state index contributed by atoms with van der Waals surface area (Å²) >= 11 is 0. The van der Waals surface area contributed by atoms with Crippen LogP contribution in [0.3, 0.4) is 0 Å². The van der Waals surface area contributed by atoms with Gasteiger partial charge >= 0.3 is 0 Å². The van der Waals surface area contributed by atoms with Crippen LogP contribution >= 0.6 is 0 Å². The zero-order valence-corrected chi connectivity index (χ0v) is 12.2. The Morgan fingerprint density at radius 3 is 2.50 bits per heavy atom. The Morgan fingerprint density at radius 1 is 1.23 bits per heavy atom. The highest BCUT2D eigenvalue weighted by atomic mass is 16.2. The van der Waals surface area contributed by atoms with E-state index in [2.05, 4.69) is 10.3 Å². The van der Waals surface area contributed by atoms with Gasteiger partial charge in [-0.2, -0.15) is 0 Å². The average Bonchev–Trinajstić information content (AvgIpc) is 2.95. The maximum absolute atomic E-state index is 12.4. The van der Waals surface area contributed by atoms with Crippen molar-refractivity contribution in [2.24, 2.45) is 11.7 Å². The van der Waals surface area contributed by atoms with Crippen molar-refractivity contribution in [3.05, 3.63) is 59.4 Å². The molecular weight excluding hydrogens is 278 g/mol. The molecule has 1 saturated carbocycles. The van der Waals surface area contributed by atoms with Crippen molar-refractivity contribution in [1.82, 2.24) is 10.3 Å². The van der Waals surface area contributed by atoms with Crippen molar-refractivity contribution in [2.75, 3.05) is 0 Å². The SMILES string of the molecule is NC(=O)c1c[nH]c(C(=O)NC(c2ccccc2)C2CCC2)c1. The summed E-state index contributed by atoms with van der Waals surface area (Å²) in [5.74, 6) is -0.293. The third kappa shape index (κ3) is 2.88. The molecule has 5 nitrogen and oxygen atoms in total. The number of aromatic amines is 1. The third-order valence-electron chi connectivity index (χ3n) is 4.28. The van der Waals surface area contributed by atoms with Gasteiger partial charge in [0.1, 0.15) is 5.69 Å². The summed E-state index contributed by atoms with van der Waals surface area (Å²) in [6, 6.07) is 11.5. The normalized spacial score (nSPS) is 15.8. The number of primary amides is 1. The number of hydrogen-bond donors (Lipinski definition) is 3. The van der Waals surface area contributed by atoms with Gasteiger partial charge in [0.15, 0.2) is 0 Å². The fourth-order valence-electron chi connectivity index (χ4n) is 2.79. The maximum Gasteiger partial charge on any atom is 0.268 e. The molecule has 0 radical (unpaired) electrons. The Hall–Kier alpha value is -2.56. The van der Waals surface area contributed by atoms with Crippen LogP contribution in [0.1, 0.15) is 51.7 Å². The molecular formula is C17H19N3O2. The molecule has 1 aliphatic carbocycles. The van der Waals surface area contributed by atoms with Gasteiger partial charge in [0.25, 0.3) is 5.91 Å². The summed E-state index contributed by atoms with van der Waals surface area (Å²) in [6.07, 6.45) is 4.91. The van der Waals surface area contributed by atoms with Crippen molar-refractivity contribution < 1.29 is 9.59 Å². The number of benzene rings is 1. The lowest BCUT2D eigenvalue weighted by Gasteiger charge is -2.34. The fraction of sp³-hybridized carbons (Fsp3) is 0.294. The van der Waals surface area contributed by atoms with Gasteiger partial charge in [-0.15, -0.1) is 0 Å². The van der Waals surface area contributed by atoms with E-state index in [0.717, 1.165) is 18.4 Å². The molecule has 3 rings (SSSR count). The Balaban J connectivity index is 1.77. The fourth-order valence-corrected chi connectivity index (χ4v) is 2.79. The summed E-state index contributed by atoms with van der Waals surface area (Å²) < 4.78 is 0. The van der Waals surface area contributed by atoms with Gasteiger partial charge in [-0.25, -0.2) is 0 Å². The summed E-state index contributed by atoms with van der Waals surface area (Å²) in [5.41, 5.74) is 6.99. The molecule has 1 heterocycles. The molecule has 0 spiro atoms. The second kappa shape index (κ2) is 6.05. The van der Waals surface area contributed by atoms with Crippen LogP contribution in [0.4, 0.5) is 0 Å². The minimum Gasteiger partial charge on any atom is -0.366 e. The van der Waals surface area contributed by atoms with Crippen LogP contribution in [0, 0.1) is 5.92 Å². The van der Waals surface area contributed by atoms with E-state index >= 15 is 0 Å². The van der Waals surface area contributed by atoms with Gasteiger partial charge in [-0.1, -0.05) is 36.8 Å². The molecule has 1 unspecified atom stereocenters. The summed E-state index contributed by atoms with van der Waals surface area (Å²) in [6.45, 7) is 0. The average molecular weight is 297 g/mol. The number of carbonyl (C=O) groups is 2. The first-order valence-corrected chi connectivity index (χ1v) is 7.49. The maximum atomic E-state index is 12.4. The van der Waals surface area contributed by atoms with Crippen molar-refractivity contribution in [2.45, 2.75) is 25.3 Å². The molecule has 1 aromatic heterocycles. The van der Waals surface area contributed by atoms with Crippen molar-refractivity contribution in [1.29, 1.82) is 0 Å². The van der Waals surface area contributed by atoms with E-state index in [-0.39, 0.29) is 11.9 Å². The minimum atomic E-state index is -0.547. The molecule has 0 aliphatic heterocycles. The van der Waals surface area contributed by atoms with E-state index in [1.807, 2.05) is 30.3 Å². The molecule has 2 amide bonds. The number of H-pyrrole nitrogens is 1. The van der Waals surface area contributed by atoms with E-state index in [4.69, 9.17) is 5.73 Å². The van der Waals surface area contributed by atoms with Crippen LogP contribution in [0.5, 0.6) is 0 Å². The van der Waals surface area contributed by atoms with Gasteiger partial charge in [0.2, 0.25) is 5.91 Å². The Kier molecular flexibility index (Phi) is 3.96. The second-order valence-electron chi connectivity index (χ2n) is 5.72. The monoisotopic (exact) mass is 297 g/mol. The Labute approximate surface area is 128 Å². The van der Waals surface area contributed by atoms with Gasteiger partial charge in [0.05, 0.1) is 11.6 Å². The molecule has 5 heteroatoms. The highest BCUT2D eigenvalue weighted by molar-refractivity contribution is 5.98. The smallest absolute Gasteiger partial charge is 0.268 e. The predicted molar refractivity (Wildman–Crippen MR) is 83.3 cm³/mol. The first-order valence-electron chi connectivity index (χ1n) is 7.49. The van der Waals surface area contributed by atoms with Crippen molar-refractivity contribution in [3.8, 4) is 0 Å². The minimum absolute atomic E-state index is 0.00257. The largest absolute Gasteiger partial charge is 0.366 e. The van der Waals surface area contributed by atoms with Gasteiger partial charge in [0, 0.05) is 6.20 Å². The summed E-state index contributed by atoms with van der Waals surface area (Å²) in [5, 5.41) is 3.08. The number of aromatic nitrogens is 1. The number of nitrogens with two attached hydrogens (primary N) is 1. The lowest BCUT2D eigenvalue weighted by Crippen LogP contribution is -2.36. The van der Waals surface area contributed by atoms with Crippen LogP contribution in [0.25, 0.3) is 0 Å². The molecule has 1 aromatic carbocycles. The molecule has 1 atom stereocenters. The lowest BCUT2D eigenvalue weighted by atomic mass is 9.77. The molecule has 1 fully saturated rings. The van der Waals surface area contributed by atoms with E-state index in [1.165, 1.54) is 18.7 Å². The molecule has 1 aliphatic rings. The number of carbonyl (C=O) groups excluding carboxylic acids is 2. The number of nitrogens with one attached hydrogen (secondary N) is 2. The molecule has 0 saturated heterocycles. The number of amides is 2. The topological polar surface area (TPSA) is 88.0 Å². The van der Waals surface area contributed by atoms with Crippen molar-refractivity contribution >= 4 is 11.8 Å². The zero-order chi connectivity index (χ0) is 15.5. The summed E-state index contributed by atoms with van der Waals surface area (Å²) in [7, 11) is 0. The summed E-state index contributed by atoms with van der Waals surface area (Å²) in [4.78, 5) is 26.3. The highest BCUT2D eigenvalue weighted by Gasteiger charge is 2.30. The Bertz CT molecular complexity index is 674. The van der Waals surface area contributed by atoms with E-state index in [1.54, 1.807) is 0 Å². The van der Waals surface area contributed by atoms with Gasteiger partial charge in [-0.3, -0.25) is 9.59 Å². The van der Waals surface area contributed by atoms with E-state index < -0.39 is 5.91 Å².